The standard InChI is InChI=1S/C24H41N3O2/c1-2-3-4-5-6-7-8-14-19-27-22(29)24(18-13-10-15-20(24)21(25)28)26-23(27)16-11-9-12-17-23/h14,19-20,26H,2-13,15-18H2,1H3,(H2,25,28). The van der Waals surface area contributed by atoms with E-state index in [4.69, 9.17) is 5.73 Å². The molecule has 0 aromatic rings. The minimum atomic E-state index is -0.786. The smallest absolute Gasteiger partial charge is 0.249 e. The van der Waals surface area contributed by atoms with Crippen LogP contribution in [0.4, 0.5) is 0 Å². The van der Waals surface area contributed by atoms with Crippen molar-refractivity contribution >= 4 is 11.8 Å². The van der Waals surface area contributed by atoms with E-state index in [2.05, 4.69) is 18.3 Å². The number of carbonyl (C=O) groups excluding carboxylic acids is 2. The summed E-state index contributed by atoms with van der Waals surface area (Å²) in [7, 11) is 0. The lowest BCUT2D eigenvalue weighted by Gasteiger charge is -2.42. The molecule has 3 fully saturated rings. The summed E-state index contributed by atoms with van der Waals surface area (Å²) in [6.45, 7) is 2.24. The minimum absolute atomic E-state index is 0.0853. The summed E-state index contributed by atoms with van der Waals surface area (Å²) in [5.74, 6) is -0.629. The second kappa shape index (κ2) is 10.1. The van der Waals surface area contributed by atoms with Crippen molar-refractivity contribution in [3.63, 3.8) is 0 Å². The summed E-state index contributed by atoms with van der Waals surface area (Å²) in [4.78, 5) is 27.9. The molecule has 1 saturated heterocycles. The Hall–Kier alpha value is -1.36. The summed E-state index contributed by atoms with van der Waals surface area (Å²) >= 11 is 0. The fraction of sp³-hybridized carbons (Fsp3) is 0.833. The van der Waals surface area contributed by atoms with Gasteiger partial charge in [-0.25, -0.2) is 0 Å². The van der Waals surface area contributed by atoms with E-state index in [0.29, 0.717) is 0 Å². The SMILES string of the molecule is CCCCCCCCC=CN1C(=O)C2(CCCCC2C(N)=O)NC12CCCCC2. The fourth-order valence-electron chi connectivity index (χ4n) is 5.84. The highest BCUT2D eigenvalue weighted by atomic mass is 16.2. The first-order valence-electron chi connectivity index (χ1n) is 12.1. The van der Waals surface area contributed by atoms with Crippen molar-refractivity contribution in [3.8, 4) is 0 Å². The Bertz CT molecular complexity index is 597. The molecule has 2 atom stereocenters. The number of hydrogen-bond donors (Lipinski definition) is 2. The van der Waals surface area contributed by atoms with Gasteiger partial charge >= 0.3 is 0 Å². The zero-order valence-electron chi connectivity index (χ0n) is 18.4. The zero-order valence-corrected chi connectivity index (χ0v) is 18.4. The van der Waals surface area contributed by atoms with Crippen molar-refractivity contribution in [2.24, 2.45) is 11.7 Å². The van der Waals surface area contributed by atoms with Gasteiger partial charge in [0.05, 0.1) is 11.6 Å². The van der Waals surface area contributed by atoms with E-state index in [1.54, 1.807) is 0 Å². The van der Waals surface area contributed by atoms with Gasteiger partial charge in [0.25, 0.3) is 0 Å². The molecular formula is C24H41N3O2. The monoisotopic (exact) mass is 403 g/mol. The summed E-state index contributed by atoms with van der Waals surface area (Å²) in [5, 5.41) is 3.75. The Morgan fingerprint density at radius 3 is 2.48 bits per heavy atom. The van der Waals surface area contributed by atoms with Crippen LogP contribution in [0.25, 0.3) is 0 Å². The average molecular weight is 404 g/mol. The van der Waals surface area contributed by atoms with E-state index in [9.17, 15) is 9.59 Å². The highest BCUT2D eigenvalue weighted by Gasteiger charge is 2.62. The minimum Gasteiger partial charge on any atom is -0.369 e. The van der Waals surface area contributed by atoms with Crippen LogP contribution in [0.15, 0.2) is 12.3 Å². The highest BCUT2D eigenvalue weighted by molar-refractivity contribution is 5.96. The molecule has 3 rings (SSSR count). The molecule has 0 radical (unpaired) electrons. The van der Waals surface area contributed by atoms with Crippen LogP contribution in [0.5, 0.6) is 0 Å². The molecule has 5 heteroatoms. The normalized spacial score (nSPS) is 29.3. The molecule has 2 saturated carbocycles. The largest absolute Gasteiger partial charge is 0.369 e. The van der Waals surface area contributed by atoms with E-state index in [0.717, 1.165) is 57.8 Å². The van der Waals surface area contributed by atoms with Gasteiger partial charge in [-0.15, -0.1) is 0 Å². The molecule has 2 spiro atoms. The van der Waals surface area contributed by atoms with Gasteiger partial charge in [0.2, 0.25) is 11.8 Å². The van der Waals surface area contributed by atoms with Gasteiger partial charge in [-0.2, -0.15) is 0 Å². The van der Waals surface area contributed by atoms with Crippen molar-refractivity contribution in [2.75, 3.05) is 0 Å². The highest BCUT2D eigenvalue weighted by Crippen LogP contribution is 2.47. The molecule has 0 bridgehead atoms. The summed E-state index contributed by atoms with van der Waals surface area (Å²) in [6, 6.07) is 0. The molecule has 0 aromatic heterocycles. The molecule has 164 valence electrons. The van der Waals surface area contributed by atoms with Gasteiger partial charge in [-0.3, -0.25) is 19.8 Å². The van der Waals surface area contributed by atoms with Crippen LogP contribution in [0.1, 0.15) is 110 Å². The maximum Gasteiger partial charge on any atom is 0.249 e. The van der Waals surface area contributed by atoms with Crippen LogP contribution in [-0.2, 0) is 9.59 Å². The molecule has 3 N–H and O–H groups in total. The zero-order chi connectivity index (χ0) is 20.7. The number of nitrogens with two attached hydrogens (primary N) is 1. The second-order valence-corrected chi connectivity index (χ2v) is 9.51. The van der Waals surface area contributed by atoms with E-state index in [1.807, 2.05) is 11.1 Å². The Kier molecular flexibility index (Phi) is 7.78. The number of amides is 2. The summed E-state index contributed by atoms with van der Waals surface area (Å²) in [5.41, 5.74) is 4.66. The topological polar surface area (TPSA) is 75.4 Å². The second-order valence-electron chi connectivity index (χ2n) is 9.51. The third kappa shape index (κ3) is 4.70. The summed E-state index contributed by atoms with van der Waals surface area (Å²) < 4.78 is 0. The first-order valence-corrected chi connectivity index (χ1v) is 12.1. The maximum absolute atomic E-state index is 13.7. The molecule has 2 unspecified atom stereocenters. The van der Waals surface area contributed by atoms with Crippen LogP contribution in [0, 0.1) is 5.92 Å². The number of allylic oxidation sites excluding steroid dienone is 1. The lowest BCUT2D eigenvalue weighted by atomic mass is 9.72. The van der Waals surface area contributed by atoms with E-state index < -0.39 is 5.54 Å². The van der Waals surface area contributed by atoms with E-state index in [1.165, 1.54) is 44.9 Å². The number of nitrogens with one attached hydrogen (secondary N) is 1. The molecule has 3 aliphatic rings. The van der Waals surface area contributed by atoms with Crippen molar-refractivity contribution in [2.45, 2.75) is 121 Å². The van der Waals surface area contributed by atoms with Crippen LogP contribution in [0.2, 0.25) is 0 Å². The molecule has 1 aliphatic heterocycles. The maximum atomic E-state index is 13.7. The lowest BCUT2D eigenvalue weighted by molar-refractivity contribution is -0.139. The quantitative estimate of drug-likeness (QED) is 0.545. The number of unbranched alkanes of at least 4 members (excludes halogenated alkanes) is 6. The van der Waals surface area contributed by atoms with Gasteiger partial charge in [-0.05, 0) is 51.4 Å². The van der Waals surface area contributed by atoms with Crippen molar-refractivity contribution < 1.29 is 9.59 Å². The molecule has 2 amide bonds. The predicted molar refractivity (Wildman–Crippen MR) is 117 cm³/mol. The van der Waals surface area contributed by atoms with Crippen molar-refractivity contribution in [3.05, 3.63) is 12.3 Å². The molecule has 2 aliphatic carbocycles. The number of hydrogen-bond acceptors (Lipinski definition) is 3. The van der Waals surface area contributed by atoms with Crippen molar-refractivity contribution in [1.82, 2.24) is 10.2 Å². The molecule has 5 nitrogen and oxygen atoms in total. The van der Waals surface area contributed by atoms with Crippen LogP contribution in [0.3, 0.4) is 0 Å². The molecule has 0 aromatic carbocycles. The third-order valence-electron chi connectivity index (χ3n) is 7.43. The Morgan fingerprint density at radius 1 is 1.07 bits per heavy atom. The van der Waals surface area contributed by atoms with Gasteiger partial charge < -0.3 is 5.73 Å². The molecule has 29 heavy (non-hydrogen) atoms. The lowest BCUT2D eigenvalue weighted by Crippen LogP contribution is -2.61. The Balaban J connectivity index is 1.71. The molecule has 1 heterocycles. The number of primary amides is 1. The predicted octanol–water partition coefficient (Wildman–Crippen LogP) is 4.76. The Labute approximate surface area is 176 Å². The van der Waals surface area contributed by atoms with Crippen LogP contribution < -0.4 is 11.1 Å². The van der Waals surface area contributed by atoms with Gasteiger partial charge in [-0.1, -0.05) is 64.4 Å². The van der Waals surface area contributed by atoms with Gasteiger partial charge in [0.1, 0.15) is 5.54 Å². The van der Waals surface area contributed by atoms with Crippen LogP contribution in [-0.4, -0.2) is 27.9 Å². The fourth-order valence-corrected chi connectivity index (χ4v) is 5.84. The van der Waals surface area contributed by atoms with Gasteiger partial charge in [0, 0.05) is 6.20 Å². The first-order chi connectivity index (χ1) is 14.1. The van der Waals surface area contributed by atoms with Gasteiger partial charge in [0.15, 0.2) is 0 Å². The number of nitrogens with zero attached hydrogens (tertiary/aromatic N) is 1. The average Bonchev–Trinajstić information content (AvgIpc) is 2.92. The van der Waals surface area contributed by atoms with E-state index >= 15 is 0 Å². The summed E-state index contributed by atoms with van der Waals surface area (Å²) in [6.07, 6.45) is 21.7. The number of rotatable bonds is 9. The van der Waals surface area contributed by atoms with Crippen molar-refractivity contribution in [1.29, 1.82) is 0 Å². The van der Waals surface area contributed by atoms with Crippen LogP contribution >= 0.6 is 0 Å². The Morgan fingerprint density at radius 2 is 1.76 bits per heavy atom. The first kappa shape index (κ1) is 22.3. The third-order valence-corrected chi connectivity index (χ3v) is 7.43. The van der Waals surface area contributed by atoms with E-state index in [-0.39, 0.29) is 23.4 Å². The number of carbonyl (C=O) groups is 2. The molecular weight excluding hydrogens is 362 g/mol.